The first-order chi connectivity index (χ1) is 13.0. The Kier molecular flexibility index (Phi) is 4.37. The van der Waals surface area contributed by atoms with Gasteiger partial charge in [-0.25, -0.2) is 9.78 Å². The quantitative estimate of drug-likeness (QED) is 0.697. The number of carbonyl (C=O) groups excluding carboxylic acids is 2. The summed E-state index contributed by atoms with van der Waals surface area (Å²) in [6.07, 6.45) is 0.426. The molecule has 3 aromatic rings. The Morgan fingerprint density at radius 2 is 2.11 bits per heavy atom. The lowest BCUT2D eigenvalue weighted by atomic mass is 10.1. The van der Waals surface area contributed by atoms with Crippen LogP contribution in [0, 0.1) is 0 Å². The van der Waals surface area contributed by atoms with Gasteiger partial charge in [-0.2, -0.15) is 0 Å². The number of benzene rings is 2. The van der Waals surface area contributed by atoms with E-state index in [1.807, 2.05) is 29.6 Å². The standard InChI is InChI=1S/C20H17N3O3S/c1-23-17-7-6-12(8-14(17)10-18(23)24)16-11-27-20(22-16)21-15-5-3-4-13(9-15)19(25)26-2/h3-9,11H,10H2,1-2H3,(H,21,22). The van der Waals surface area contributed by atoms with Crippen LogP contribution in [-0.4, -0.2) is 31.0 Å². The van der Waals surface area contributed by atoms with Crippen molar-refractivity contribution in [1.29, 1.82) is 0 Å². The van der Waals surface area contributed by atoms with E-state index in [2.05, 4.69) is 10.3 Å². The Labute approximate surface area is 160 Å². The minimum atomic E-state index is -0.379. The van der Waals surface area contributed by atoms with E-state index in [1.54, 1.807) is 30.1 Å². The number of carbonyl (C=O) groups is 2. The van der Waals surface area contributed by atoms with E-state index < -0.39 is 0 Å². The van der Waals surface area contributed by atoms with Gasteiger partial charge >= 0.3 is 5.97 Å². The fourth-order valence-corrected chi connectivity index (χ4v) is 3.80. The summed E-state index contributed by atoms with van der Waals surface area (Å²) in [6.45, 7) is 0. The summed E-state index contributed by atoms with van der Waals surface area (Å²) in [7, 11) is 3.15. The molecule has 1 aliphatic rings. The van der Waals surface area contributed by atoms with Gasteiger partial charge in [0.15, 0.2) is 5.13 Å². The van der Waals surface area contributed by atoms with Crippen LogP contribution in [0.1, 0.15) is 15.9 Å². The molecule has 2 aromatic carbocycles. The van der Waals surface area contributed by atoms with Crippen molar-refractivity contribution in [2.75, 3.05) is 24.4 Å². The molecule has 1 aliphatic heterocycles. The smallest absolute Gasteiger partial charge is 0.337 e. The van der Waals surface area contributed by atoms with Gasteiger partial charge in [-0.3, -0.25) is 4.79 Å². The molecule has 1 N–H and O–H groups in total. The van der Waals surface area contributed by atoms with Crippen molar-refractivity contribution in [2.45, 2.75) is 6.42 Å². The molecule has 27 heavy (non-hydrogen) atoms. The molecule has 0 saturated carbocycles. The summed E-state index contributed by atoms with van der Waals surface area (Å²) in [4.78, 5) is 29.8. The molecule has 2 heterocycles. The van der Waals surface area contributed by atoms with E-state index in [1.165, 1.54) is 18.4 Å². The van der Waals surface area contributed by atoms with Gasteiger partial charge in [0.25, 0.3) is 0 Å². The number of aromatic nitrogens is 1. The number of amides is 1. The van der Waals surface area contributed by atoms with Crippen molar-refractivity contribution in [3.8, 4) is 11.3 Å². The fourth-order valence-electron chi connectivity index (χ4n) is 3.06. The number of nitrogens with zero attached hydrogens (tertiary/aromatic N) is 2. The zero-order valence-corrected chi connectivity index (χ0v) is 15.7. The predicted molar refractivity (Wildman–Crippen MR) is 106 cm³/mol. The van der Waals surface area contributed by atoms with E-state index in [9.17, 15) is 9.59 Å². The van der Waals surface area contributed by atoms with Gasteiger partial charge in [0.05, 0.1) is 24.8 Å². The van der Waals surface area contributed by atoms with Crippen LogP contribution in [0.4, 0.5) is 16.5 Å². The average molecular weight is 379 g/mol. The molecule has 0 saturated heterocycles. The van der Waals surface area contributed by atoms with Crippen LogP contribution in [-0.2, 0) is 16.0 Å². The molecule has 0 radical (unpaired) electrons. The van der Waals surface area contributed by atoms with Gasteiger partial charge < -0.3 is 15.0 Å². The molecular weight excluding hydrogens is 362 g/mol. The minimum absolute atomic E-state index is 0.105. The Balaban J connectivity index is 1.56. The number of ether oxygens (including phenoxy) is 1. The molecule has 136 valence electrons. The molecule has 0 fully saturated rings. The van der Waals surface area contributed by atoms with Crippen LogP contribution in [0.25, 0.3) is 11.3 Å². The zero-order chi connectivity index (χ0) is 19.0. The van der Waals surface area contributed by atoms with Crippen LogP contribution in [0.5, 0.6) is 0 Å². The van der Waals surface area contributed by atoms with Crippen LogP contribution in [0.3, 0.4) is 0 Å². The highest BCUT2D eigenvalue weighted by molar-refractivity contribution is 7.14. The van der Waals surface area contributed by atoms with Gasteiger partial charge in [0.2, 0.25) is 5.91 Å². The fraction of sp³-hybridized carbons (Fsp3) is 0.150. The van der Waals surface area contributed by atoms with E-state index >= 15 is 0 Å². The number of anilines is 3. The van der Waals surface area contributed by atoms with Crippen molar-refractivity contribution in [3.05, 3.63) is 59.0 Å². The first kappa shape index (κ1) is 17.2. The SMILES string of the molecule is COC(=O)c1cccc(Nc2nc(-c3ccc4c(c3)CC(=O)N4C)cs2)c1. The molecule has 4 rings (SSSR count). The summed E-state index contributed by atoms with van der Waals surface area (Å²) in [5, 5.41) is 5.91. The van der Waals surface area contributed by atoms with E-state index in [0.717, 1.165) is 33.3 Å². The second-order valence-electron chi connectivity index (χ2n) is 6.21. The Morgan fingerprint density at radius 3 is 2.93 bits per heavy atom. The Morgan fingerprint density at radius 1 is 1.26 bits per heavy atom. The summed E-state index contributed by atoms with van der Waals surface area (Å²) in [6, 6.07) is 13.0. The van der Waals surface area contributed by atoms with Crippen molar-refractivity contribution < 1.29 is 14.3 Å². The van der Waals surface area contributed by atoms with E-state index in [4.69, 9.17) is 4.74 Å². The lowest BCUT2D eigenvalue weighted by Crippen LogP contribution is -2.20. The second-order valence-corrected chi connectivity index (χ2v) is 7.07. The number of fused-ring (bicyclic) bond motifs is 1. The van der Waals surface area contributed by atoms with Gasteiger partial charge in [-0.15, -0.1) is 11.3 Å². The molecular formula is C20H17N3O3S. The van der Waals surface area contributed by atoms with Crippen molar-refractivity contribution in [2.24, 2.45) is 0 Å². The molecule has 6 nitrogen and oxygen atoms in total. The largest absolute Gasteiger partial charge is 0.465 e. The molecule has 0 atom stereocenters. The number of thiazole rings is 1. The van der Waals surface area contributed by atoms with Crippen LogP contribution < -0.4 is 10.2 Å². The van der Waals surface area contributed by atoms with Gasteiger partial charge in [-0.05, 0) is 35.9 Å². The minimum Gasteiger partial charge on any atom is -0.465 e. The molecule has 0 aliphatic carbocycles. The summed E-state index contributed by atoms with van der Waals surface area (Å²) < 4.78 is 4.75. The normalized spacial score (nSPS) is 12.8. The van der Waals surface area contributed by atoms with Crippen LogP contribution in [0.2, 0.25) is 0 Å². The maximum absolute atomic E-state index is 11.9. The van der Waals surface area contributed by atoms with E-state index in [0.29, 0.717) is 12.0 Å². The molecule has 1 aromatic heterocycles. The Bertz CT molecular complexity index is 1040. The zero-order valence-electron chi connectivity index (χ0n) is 14.9. The first-order valence-corrected chi connectivity index (χ1v) is 9.24. The van der Waals surface area contributed by atoms with Gasteiger partial charge in [-0.1, -0.05) is 12.1 Å². The van der Waals surface area contributed by atoms with Crippen molar-refractivity contribution in [1.82, 2.24) is 4.98 Å². The highest BCUT2D eigenvalue weighted by Gasteiger charge is 2.24. The second kappa shape index (κ2) is 6.85. The molecule has 1 amide bonds. The number of nitrogens with one attached hydrogen (secondary N) is 1. The average Bonchev–Trinajstić information content (AvgIpc) is 3.25. The molecule has 7 heteroatoms. The predicted octanol–water partition coefficient (Wildman–Crippen LogP) is 3.86. The summed E-state index contributed by atoms with van der Waals surface area (Å²) in [5.74, 6) is -0.274. The first-order valence-electron chi connectivity index (χ1n) is 8.36. The number of rotatable bonds is 4. The number of esters is 1. The number of likely N-dealkylation sites (N-methyl/N-ethyl adjacent to an activating group) is 1. The van der Waals surface area contributed by atoms with E-state index in [-0.39, 0.29) is 11.9 Å². The third kappa shape index (κ3) is 3.29. The highest BCUT2D eigenvalue weighted by atomic mass is 32.1. The van der Waals surface area contributed by atoms with Crippen LogP contribution >= 0.6 is 11.3 Å². The Hall–Kier alpha value is -3.19. The molecule has 0 unspecified atom stereocenters. The lowest BCUT2D eigenvalue weighted by molar-refractivity contribution is -0.117. The molecule has 0 spiro atoms. The highest BCUT2D eigenvalue weighted by Crippen LogP contribution is 2.33. The number of hydrogen-bond donors (Lipinski definition) is 1. The maximum atomic E-state index is 11.9. The van der Waals surface area contributed by atoms with Crippen LogP contribution in [0.15, 0.2) is 47.8 Å². The lowest BCUT2D eigenvalue weighted by Gasteiger charge is -2.09. The van der Waals surface area contributed by atoms with Gasteiger partial charge in [0, 0.05) is 29.4 Å². The molecule has 0 bridgehead atoms. The van der Waals surface area contributed by atoms with Gasteiger partial charge in [0.1, 0.15) is 0 Å². The summed E-state index contributed by atoms with van der Waals surface area (Å²) >= 11 is 1.48. The van der Waals surface area contributed by atoms with Crippen molar-refractivity contribution >= 4 is 39.7 Å². The topological polar surface area (TPSA) is 71.5 Å². The summed E-state index contributed by atoms with van der Waals surface area (Å²) in [5.41, 5.74) is 5.04. The number of hydrogen-bond acceptors (Lipinski definition) is 6. The third-order valence-electron chi connectivity index (χ3n) is 4.49. The maximum Gasteiger partial charge on any atom is 0.337 e. The van der Waals surface area contributed by atoms with Crippen molar-refractivity contribution in [3.63, 3.8) is 0 Å². The number of methoxy groups -OCH3 is 1. The third-order valence-corrected chi connectivity index (χ3v) is 5.25. The monoisotopic (exact) mass is 379 g/mol.